The van der Waals surface area contributed by atoms with Crippen LogP contribution < -0.4 is 11.2 Å². The SMILES string of the molecule is NC(=O)NN=Cc1ccc(C2OCCCO2)cc1. The zero-order valence-electron chi connectivity index (χ0n) is 9.83. The van der Waals surface area contributed by atoms with E-state index < -0.39 is 6.03 Å². The number of nitrogens with one attached hydrogen (secondary N) is 1. The molecule has 18 heavy (non-hydrogen) atoms. The van der Waals surface area contributed by atoms with Crippen molar-refractivity contribution in [3.8, 4) is 0 Å². The number of amides is 2. The summed E-state index contributed by atoms with van der Waals surface area (Å²) in [6.07, 6.45) is 2.16. The lowest BCUT2D eigenvalue weighted by Gasteiger charge is -2.23. The molecule has 0 unspecified atom stereocenters. The molecular weight excluding hydrogens is 234 g/mol. The number of urea groups is 1. The van der Waals surface area contributed by atoms with E-state index in [0.717, 1.165) is 30.8 Å². The highest BCUT2D eigenvalue weighted by molar-refractivity contribution is 5.81. The summed E-state index contributed by atoms with van der Waals surface area (Å²) in [4.78, 5) is 10.4. The van der Waals surface area contributed by atoms with E-state index in [-0.39, 0.29) is 6.29 Å². The minimum atomic E-state index is -0.688. The maximum absolute atomic E-state index is 10.4. The van der Waals surface area contributed by atoms with Gasteiger partial charge in [0.2, 0.25) is 0 Å². The van der Waals surface area contributed by atoms with Gasteiger partial charge in [-0.25, -0.2) is 10.2 Å². The van der Waals surface area contributed by atoms with Crippen molar-refractivity contribution in [3.05, 3.63) is 35.4 Å². The molecule has 1 aromatic carbocycles. The predicted molar refractivity (Wildman–Crippen MR) is 66.0 cm³/mol. The normalized spacial score (nSPS) is 16.9. The summed E-state index contributed by atoms with van der Waals surface area (Å²) in [6, 6.07) is 6.85. The summed E-state index contributed by atoms with van der Waals surface area (Å²) in [7, 11) is 0. The fourth-order valence-corrected chi connectivity index (χ4v) is 1.59. The Bertz CT molecular complexity index is 425. The Kier molecular flexibility index (Phi) is 4.27. The highest BCUT2D eigenvalue weighted by atomic mass is 16.7. The van der Waals surface area contributed by atoms with Crippen LogP contribution in [0.4, 0.5) is 4.79 Å². The number of ether oxygens (including phenoxy) is 2. The monoisotopic (exact) mass is 249 g/mol. The van der Waals surface area contributed by atoms with Gasteiger partial charge in [0.25, 0.3) is 0 Å². The van der Waals surface area contributed by atoms with Crippen molar-refractivity contribution in [1.29, 1.82) is 0 Å². The van der Waals surface area contributed by atoms with E-state index in [4.69, 9.17) is 15.2 Å². The van der Waals surface area contributed by atoms with Crippen molar-refractivity contribution >= 4 is 12.2 Å². The van der Waals surface area contributed by atoms with Gasteiger partial charge >= 0.3 is 6.03 Å². The van der Waals surface area contributed by atoms with Crippen molar-refractivity contribution in [1.82, 2.24) is 5.43 Å². The van der Waals surface area contributed by atoms with Crippen LogP contribution in [0.2, 0.25) is 0 Å². The summed E-state index contributed by atoms with van der Waals surface area (Å²) in [5.74, 6) is 0. The zero-order chi connectivity index (χ0) is 12.8. The van der Waals surface area contributed by atoms with Crippen LogP contribution in [0, 0.1) is 0 Å². The third kappa shape index (κ3) is 3.54. The van der Waals surface area contributed by atoms with E-state index in [0.29, 0.717) is 0 Å². The van der Waals surface area contributed by atoms with E-state index in [1.165, 1.54) is 6.21 Å². The summed E-state index contributed by atoms with van der Waals surface area (Å²) in [6.45, 7) is 1.44. The lowest BCUT2D eigenvalue weighted by molar-refractivity contribution is -0.183. The summed E-state index contributed by atoms with van der Waals surface area (Å²) < 4.78 is 11.0. The van der Waals surface area contributed by atoms with Crippen molar-refractivity contribution in [2.24, 2.45) is 10.8 Å². The minimum Gasteiger partial charge on any atom is -0.350 e. The third-order valence-corrected chi connectivity index (χ3v) is 2.42. The molecule has 0 bridgehead atoms. The molecule has 1 fully saturated rings. The van der Waals surface area contributed by atoms with Crippen LogP contribution in [0.5, 0.6) is 0 Å². The van der Waals surface area contributed by atoms with E-state index in [1.807, 2.05) is 24.3 Å². The quantitative estimate of drug-likeness (QED) is 0.621. The van der Waals surface area contributed by atoms with Crippen LogP contribution in [0.3, 0.4) is 0 Å². The predicted octanol–water partition coefficient (Wildman–Crippen LogP) is 1.12. The average Bonchev–Trinajstić information content (AvgIpc) is 2.40. The molecular formula is C12H15N3O3. The molecule has 2 amide bonds. The number of primary amides is 1. The third-order valence-electron chi connectivity index (χ3n) is 2.42. The summed E-state index contributed by atoms with van der Waals surface area (Å²) >= 11 is 0. The average molecular weight is 249 g/mol. The number of hydrogen-bond acceptors (Lipinski definition) is 4. The van der Waals surface area contributed by atoms with Crippen molar-refractivity contribution in [2.75, 3.05) is 13.2 Å². The molecule has 0 aromatic heterocycles. The van der Waals surface area contributed by atoms with Gasteiger partial charge in [0.15, 0.2) is 6.29 Å². The lowest BCUT2D eigenvalue weighted by atomic mass is 10.1. The van der Waals surface area contributed by atoms with Gasteiger partial charge in [-0.1, -0.05) is 24.3 Å². The number of rotatable bonds is 3. The first-order valence-corrected chi connectivity index (χ1v) is 5.67. The molecule has 0 atom stereocenters. The van der Waals surface area contributed by atoms with Crippen molar-refractivity contribution in [3.63, 3.8) is 0 Å². The number of benzene rings is 1. The molecule has 1 aromatic rings. The zero-order valence-corrected chi connectivity index (χ0v) is 9.83. The Morgan fingerprint density at radius 2 is 2.00 bits per heavy atom. The Morgan fingerprint density at radius 1 is 1.33 bits per heavy atom. The van der Waals surface area contributed by atoms with Gasteiger partial charge in [-0.2, -0.15) is 5.10 Å². The first-order valence-electron chi connectivity index (χ1n) is 5.67. The van der Waals surface area contributed by atoms with Crippen LogP contribution >= 0.6 is 0 Å². The molecule has 0 spiro atoms. The van der Waals surface area contributed by atoms with Gasteiger partial charge in [0.1, 0.15) is 0 Å². The van der Waals surface area contributed by atoms with Crippen LogP contribution in [-0.2, 0) is 9.47 Å². The van der Waals surface area contributed by atoms with Gasteiger partial charge in [-0.05, 0) is 12.0 Å². The van der Waals surface area contributed by atoms with Crippen molar-refractivity contribution in [2.45, 2.75) is 12.7 Å². The minimum absolute atomic E-state index is 0.284. The number of carbonyl (C=O) groups excluding carboxylic acids is 1. The molecule has 6 heteroatoms. The molecule has 1 heterocycles. The van der Waals surface area contributed by atoms with Gasteiger partial charge in [0, 0.05) is 5.56 Å². The van der Waals surface area contributed by atoms with E-state index in [1.54, 1.807) is 0 Å². The largest absolute Gasteiger partial charge is 0.350 e. The lowest BCUT2D eigenvalue weighted by Crippen LogP contribution is -2.24. The van der Waals surface area contributed by atoms with Crippen LogP contribution in [0.1, 0.15) is 23.8 Å². The molecule has 0 aliphatic carbocycles. The smallest absolute Gasteiger partial charge is 0.332 e. The van der Waals surface area contributed by atoms with Crippen LogP contribution in [-0.4, -0.2) is 25.5 Å². The molecule has 3 N–H and O–H groups in total. The molecule has 1 aliphatic heterocycles. The number of carbonyl (C=O) groups is 1. The van der Waals surface area contributed by atoms with Gasteiger partial charge in [-0.15, -0.1) is 0 Å². The fraction of sp³-hybridized carbons (Fsp3) is 0.333. The van der Waals surface area contributed by atoms with Crippen molar-refractivity contribution < 1.29 is 14.3 Å². The molecule has 6 nitrogen and oxygen atoms in total. The Morgan fingerprint density at radius 3 is 2.61 bits per heavy atom. The summed E-state index contributed by atoms with van der Waals surface area (Å²) in [5.41, 5.74) is 8.83. The maximum atomic E-state index is 10.4. The number of nitrogens with zero attached hydrogens (tertiary/aromatic N) is 1. The van der Waals surface area contributed by atoms with E-state index in [2.05, 4.69) is 10.5 Å². The molecule has 0 saturated carbocycles. The number of hydrogen-bond donors (Lipinski definition) is 2. The number of nitrogens with two attached hydrogens (primary N) is 1. The molecule has 1 aliphatic rings. The maximum Gasteiger partial charge on any atom is 0.332 e. The second-order valence-corrected chi connectivity index (χ2v) is 3.83. The van der Waals surface area contributed by atoms with Crippen LogP contribution in [0.15, 0.2) is 29.4 Å². The fourth-order valence-electron chi connectivity index (χ4n) is 1.59. The van der Waals surface area contributed by atoms with E-state index >= 15 is 0 Å². The first kappa shape index (κ1) is 12.5. The molecule has 2 rings (SSSR count). The Balaban J connectivity index is 1.96. The number of hydrazone groups is 1. The standard InChI is InChI=1S/C12H15N3O3/c13-12(16)15-14-8-9-2-4-10(5-3-9)11-17-6-1-7-18-11/h2-5,8,11H,1,6-7H2,(H3,13,15,16). The Labute approximate surface area is 105 Å². The second-order valence-electron chi connectivity index (χ2n) is 3.83. The Hall–Kier alpha value is -1.92. The molecule has 1 saturated heterocycles. The van der Waals surface area contributed by atoms with Gasteiger partial charge < -0.3 is 15.2 Å². The molecule has 96 valence electrons. The second kappa shape index (κ2) is 6.13. The van der Waals surface area contributed by atoms with E-state index in [9.17, 15) is 4.79 Å². The highest BCUT2D eigenvalue weighted by Crippen LogP contribution is 2.22. The highest BCUT2D eigenvalue weighted by Gasteiger charge is 2.15. The molecule has 0 radical (unpaired) electrons. The van der Waals surface area contributed by atoms with Gasteiger partial charge in [-0.3, -0.25) is 0 Å². The summed E-state index contributed by atoms with van der Waals surface area (Å²) in [5, 5.41) is 3.67. The van der Waals surface area contributed by atoms with Gasteiger partial charge in [0.05, 0.1) is 19.4 Å². The first-order chi connectivity index (χ1) is 8.75. The van der Waals surface area contributed by atoms with Crippen LogP contribution in [0.25, 0.3) is 0 Å². The topological polar surface area (TPSA) is 85.9 Å².